The Labute approximate surface area is 179 Å². The molecule has 0 fully saturated rings. The normalized spacial score (nSPS) is 10.5. The van der Waals surface area contributed by atoms with E-state index in [1.54, 1.807) is 21.3 Å². The summed E-state index contributed by atoms with van der Waals surface area (Å²) in [5.41, 5.74) is 3.69. The lowest BCUT2D eigenvalue weighted by Crippen LogP contribution is -2.10. The first kappa shape index (κ1) is 20.9. The average molecular weight is 458 g/mol. The fourth-order valence-electron chi connectivity index (χ4n) is 3.07. The van der Waals surface area contributed by atoms with Crippen molar-refractivity contribution >= 4 is 21.9 Å². The Hall–Kier alpha value is -2.80. The Bertz CT molecular complexity index is 995. The summed E-state index contributed by atoms with van der Waals surface area (Å²) in [6.07, 6.45) is 0.731. The van der Waals surface area contributed by atoms with Gasteiger partial charge in [0.2, 0.25) is 5.95 Å². The number of aryl methyl sites for hydroxylation is 1. The first-order chi connectivity index (χ1) is 14.0. The van der Waals surface area contributed by atoms with Gasteiger partial charge in [-0.2, -0.15) is 0 Å². The van der Waals surface area contributed by atoms with Crippen molar-refractivity contribution in [3.8, 4) is 28.5 Å². The van der Waals surface area contributed by atoms with Crippen molar-refractivity contribution in [1.82, 2.24) is 9.97 Å². The fraction of sp³-hybridized carbons (Fsp3) is 0.273. The number of anilines is 1. The maximum atomic E-state index is 5.51. The van der Waals surface area contributed by atoms with E-state index >= 15 is 0 Å². The van der Waals surface area contributed by atoms with E-state index in [-0.39, 0.29) is 0 Å². The Morgan fingerprint density at radius 1 is 0.931 bits per heavy atom. The zero-order valence-corrected chi connectivity index (χ0v) is 18.5. The molecule has 0 aliphatic heterocycles. The number of ether oxygens (including phenoxy) is 3. The van der Waals surface area contributed by atoms with Gasteiger partial charge in [0.15, 0.2) is 0 Å². The number of nitrogens with one attached hydrogen (secondary N) is 1. The zero-order chi connectivity index (χ0) is 20.8. The van der Waals surface area contributed by atoms with Crippen LogP contribution in [-0.4, -0.2) is 37.8 Å². The summed E-state index contributed by atoms with van der Waals surface area (Å²) in [5, 5.41) is 3.32. The van der Waals surface area contributed by atoms with Crippen molar-refractivity contribution in [3.05, 3.63) is 58.2 Å². The molecule has 1 aromatic heterocycles. The van der Waals surface area contributed by atoms with Crippen LogP contribution in [0, 0.1) is 6.92 Å². The van der Waals surface area contributed by atoms with Crippen LogP contribution in [0.5, 0.6) is 17.2 Å². The van der Waals surface area contributed by atoms with Crippen molar-refractivity contribution < 1.29 is 14.2 Å². The smallest absolute Gasteiger partial charge is 0.223 e. The van der Waals surface area contributed by atoms with Gasteiger partial charge in [0.05, 0.1) is 27.0 Å². The van der Waals surface area contributed by atoms with Crippen LogP contribution in [0.15, 0.2) is 46.9 Å². The maximum absolute atomic E-state index is 5.51. The molecule has 1 heterocycles. The number of hydrogen-bond acceptors (Lipinski definition) is 6. The summed E-state index contributed by atoms with van der Waals surface area (Å²) in [7, 11) is 4.95. The molecule has 3 aromatic rings. The third kappa shape index (κ3) is 4.98. The molecule has 0 amide bonds. The molecule has 1 N–H and O–H groups in total. The molecule has 0 atom stereocenters. The molecule has 3 rings (SSSR count). The van der Waals surface area contributed by atoms with Crippen LogP contribution in [-0.2, 0) is 6.42 Å². The predicted octanol–water partition coefficient (Wildman–Crippen LogP) is 4.89. The van der Waals surface area contributed by atoms with Crippen LogP contribution in [0.4, 0.5) is 5.95 Å². The van der Waals surface area contributed by atoms with Gasteiger partial charge in [-0.1, -0.05) is 28.1 Å². The van der Waals surface area contributed by atoms with Crippen molar-refractivity contribution in [1.29, 1.82) is 0 Å². The average Bonchev–Trinajstić information content (AvgIpc) is 2.74. The Balaban J connectivity index is 1.78. The van der Waals surface area contributed by atoms with Crippen LogP contribution < -0.4 is 19.5 Å². The van der Waals surface area contributed by atoms with E-state index in [0.717, 1.165) is 50.7 Å². The van der Waals surface area contributed by atoms with E-state index in [2.05, 4.69) is 31.2 Å². The van der Waals surface area contributed by atoms with Crippen molar-refractivity contribution in [2.75, 3.05) is 33.2 Å². The molecule has 152 valence electrons. The largest absolute Gasteiger partial charge is 0.497 e. The Kier molecular flexibility index (Phi) is 6.93. The fourth-order valence-corrected chi connectivity index (χ4v) is 3.69. The van der Waals surface area contributed by atoms with Gasteiger partial charge in [0, 0.05) is 33.9 Å². The minimum atomic E-state index is 0.578. The van der Waals surface area contributed by atoms with E-state index in [1.807, 2.05) is 49.4 Å². The maximum Gasteiger partial charge on any atom is 0.223 e. The minimum Gasteiger partial charge on any atom is -0.497 e. The molecule has 6 nitrogen and oxygen atoms in total. The van der Waals surface area contributed by atoms with Crippen molar-refractivity contribution in [2.45, 2.75) is 13.3 Å². The van der Waals surface area contributed by atoms with Gasteiger partial charge in [0.1, 0.15) is 17.2 Å². The van der Waals surface area contributed by atoms with Gasteiger partial charge >= 0.3 is 0 Å². The highest BCUT2D eigenvalue weighted by atomic mass is 79.9. The lowest BCUT2D eigenvalue weighted by atomic mass is 10.1. The summed E-state index contributed by atoms with van der Waals surface area (Å²) >= 11 is 3.60. The number of halogens is 1. The number of hydrogen-bond donors (Lipinski definition) is 1. The molecular weight excluding hydrogens is 434 g/mol. The minimum absolute atomic E-state index is 0.578. The van der Waals surface area contributed by atoms with E-state index in [1.165, 1.54) is 0 Å². The van der Waals surface area contributed by atoms with E-state index in [0.29, 0.717) is 12.5 Å². The highest BCUT2D eigenvalue weighted by Gasteiger charge is 2.12. The lowest BCUT2D eigenvalue weighted by molar-refractivity contribution is 0.390. The highest BCUT2D eigenvalue weighted by molar-refractivity contribution is 9.10. The predicted molar refractivity (Wildman–Crippen MR) is 118 cm³/mol. The number of para-hydroxylation sites is 1. The standard InChI is InChI=1S/C22H24BrN3O3/c1-14-11-19(17-7-5-6-8-20(17)28-3)26-22(25-14)24-10-9-16-18(23)12-15(27-2)13-21(16)29-4/h5-8,11-13H,9-10H2,1-4H3,(H,24,25,26). The molecule has 0 aliphatic rings. The Morgan fingerprint density at radius 2 is 1.69 bits per heavy atom. The molecule has 0 spiro atoms. The molecule has 0 aliphatic carbocycles. The monoisotopic (exact) mass is 457 g/mol. The third-order valence-electron chi connectivity index (χ3n) is 4.48. The number of methoxy groups -OCH3 is 3. The van der Waals surface area contributed by atoms with Gasteiger partial charge in [-0.05, 0) is 37.6 Å². The molecule has 0 saturated heterocycles. The summed E-state index contributed by atoms with van der Waals surface area (Å²) in [6, 6.07) is 13.6. The van der Waals surface area contributed by atoms with E-state index < -0.39 is 0 Å². The molecular formula is C22H24BrN3O3. The first-order valence-electron chi connectivity index (χ1n) is 9.19. The highest BCUT2D eigenvalue weighted by Crippen LogP contribution is 2.33. The lowest BCUT2D eigenvalue weighted by Gasteiger charge is -2.14. The second-order valence-corrected chi connectivity index (χ2v) is 7.24. The van der Waals surface area contributed by atoms with Crippen molar-refractivity contribution in [2.24, 2.45) is 0 Å². The van der Waals surface area contributed by atoms with Gasteiger partial charge in [-0.25, -0.2) is 9.97 Å². The van der Waals surface area contributed by atoms with Crippen LogP contribution >= 0.6 is 15.9 Å². The molecule has 29 heavy (non-hydrogen) atoms. The van der Waals surface area contributed by atoms with Crippen LogP contribution in [0.1, 0.15) is 11.3 Å². The van der Waals surface area contributed by atoms with Crippen molar-refractivity contribution in [3.63, 3.8) is 0 Å². The van der Waals surface area contributed by atoms with Gasteiger partial charge in [-0.15, -0.1) is 0 Å². The van der Waals surface area contributed by atoms with Crippen LogP contribution in [0.2, 0.25) is 0 Å². The number of aromatic nitrogens is 2. The summed E-state index contributed by atoms with van der Waals surface area (Å²) in [4.78, 5) is 9.18. The molecule has 0 bridgehead atoms. The quantitative estimate of drug-likeness (QED) is 0.519. The molecule has 0 saturated carbocycles. The van der Waals surface area contributed by atoms with E-state index in [4.69, 9.17) is 14.2 Å². The first-order valence-corrected chi connectivity index (χ1v) is 9.98. The topological polar surface area (TPSA) is 65.5 Å². The van der Waals surface area contributed by atoms with E-state index in [9.17, 15) is 0 Å². The second kappa shape index (κ2) is 9.60. The van der Waals surface area contributed by atoms with Gasteiger partial charge in [0.25, 0.3) is 0 Å². The molecule has 0 radical (unpaired) electrons. The SMILES string of the molecule is COc1cc(Br)c(CCNc2nc(C)cc(-c3ccccc3OC)n2)c(OC)c1. The van der Waals surface area contributed by atoms with Crippen LogP contribution in [0.3, 0.4) is 0 Å². The van der Waals surface area contributed by atoms with Crippen LogP contribution in [0.25, 0.3) is 11.3 Å². The summed E-state index contributed by atoms with van der Waals surface area (Å²) < 4.78 is 17.2. The number of rotatable bonds is 8. The third-order valence-corrected chi connectivity index (χ3v) is 5.19. The number of benzene rings is 2. The molecule has 2 aromatic carbocycles. The zero-order valence-electron chi connectivity index (χ0n) is 17.0. The summed E-state index contributed by atoms with van der Waals surface area (Å²) in [5.74, 6) is 2.88. The second-order valence-electron chi connectivity index (χ2n) is 6.39. The molecule has 7 heteroatoms. The number of nitrogens with zero attached hydrogens (tertiary/aromatic N) is 2. The Morgan fingerprint density at radius 3 is 2.41 bits per heavy atom. The van der Waals surface area contributed by atoms with Gasteiger partial charge < -0.3 is 19.5 Å². The summed E-state index contributed by atoms with van der Waals surface area (Å²) in [6.45, 7) is 2.60. The molecule has 0 unspecified atom stereocenters. The van der Waals surface area contributed by atoms with Gasteiger partial charge in [-0.3, -0.25) is 0 Å².